The summed E-state index contributed by atoms with van der Waals surface area (Å²) in [5, 5.41) is 3.05. The van der Waals surface area contributed by atoms with Crippen molar-refractivity contribution in [2.75, 3.05) is 11.2 Å². The zero-order chi connectivity index (χ0) is 15.6. The normalized spacial score (nSPS) is 15.7. The number of sulfone groups is 1. The van der Waals surface area contributed by atoms with Gasteiger partial charge < -0.3 is 5.32 Å². The highest BCUT2D eigenvalue weighted by atomic mass is 35.5. The van der Waals surface area contributed by atoms with Gasteiger partial charge in [-0.05, 0) is 37.1 Å². The molecule has 0 bridgehead atoms. The van der Waals surface area contributed by atoms with Crippen molar-refractivity contribution in [1.82, 2.24) is 0 Å². The van der Waals surface area contributed by atoms with Crippen molar-refractivity contribution < 1.29 is 21.6 Å². The molecule has 0 aliphatic rings. The van der Waals surface area contributed by atoms with Gasteiger partial charge in [-0.1, -0.05) is 6.92 Å². The third kappa shape index (κ3) is 3.79. The van der Waals surface area contributed by atoms with Crippen molar-refractivity contribution in [3.05, 3.63) is 24.3 Å². The molecule has 0 amide bonds. The van der Waals surface area contributed by atoms with Crippen molar-refractivity contribution in [2.24, 2.45) is 5.92 Å². The van der Waals surface area contributed by atoms with E-state index in [1.54, 1.807) is 0 Å². The molecule has 2 atom stereocenters. The van der Waals surface area contributed by atoms with E-state index in [1.807, 2.05) is 13.8 Å². The topological polar surface area (TPSA) is 46.2 Å². The molecule has 1 N–H and O–H groups in total. The molecule has 2 unspecified atom stereocenters. The van der Waals surface area contributed by atoms with Crippen molar-refractivity contribution in [1.29, 1.82) is 0 Å². The first kappa shape index (κ1) is 17.1. The maximum Gasteiger partial charge on any atom is 0.501 e. The predicted octanol–water partition coefficient (Wildman–Crippen LogP) is 3.66. The number of alkyl halides is 4. The molecule has 1 rings (SSSR count). The SMILES string of the molecule is CC(CCl)C(C)Nc1ccc(S(=O)(=O)C(F)(F)F)cc1. The lowest BCUT2D eigenvalue weighted by atomic mass is 10.1. The Morgan fingerprint density at radius 3 is 2.10 bits per heavy atom. The Morgan fingerprint density at radius 2 is 1.70 bits per heavy atom. The van der Waals surface area contributed by atoms with Gasteiger partial charge in [0, 0.05) is 17.6 Å². The van der Waals surface area contributed by atoms with Crippen molar-refractivity contribution in [3.8, 4) is 0 Å². The van der Waals surface area contributed by atoms with Crippen molar-refractivity contribution in [3.63, 3.8) is 0 Å². The molecule has 0 saturated heterocycles. The third-order valence-electron chi connectivity index (χ3n) is 2.96. The average molecular weight is 330 g/mol. The van der Waals surface area contributed by atoms with Crippen molar-refractivity contribution in [2.45, 2.75) is 30.3 Å². The van der Waals surface area contributed by atoms with E-state index in [1.165, 1.54) is 12.1 Å². The third-order valence-corrected chi connectivity index (χ3v) is 4.95. The average Bonchev–Trinajstić information content (AvgIpc) is 2.37. The number of hydrogen-bond acceptors (Lipinski definition) is 3. The highest BCUT2D eigenvalue weighted by molar-refractivity contribution is 7.92. The molecule has 0 heterocycles. The second kappa shape index (κ2) is 6.22. The van der Waals surface area contributed by atoms with E-state index in [9.17, 15) is 21.6 Å². The van der Waals surface area contributed by atoms with E-state index in [-0.39, 0.29) is 12.0 Å². The second-order valence-corrected chi connectivity index (χ2v) is 6.79. The molecule has 3 nitrogen and oxygen atoms in total. The standard InChI is InChI=1S/C12H15ClF3NO2S/c1-8(7-13)9(2)17-10-3-5-11(6-4-10)20(18,19)12(14,15)16/h3-6,8-9,17H,7H2,1-2H3. The van der Waals surface area contributed by atoms with Crippen LogP contribution in [-0.2, 0) is 9.84 Å². The van der Waals surface area contributed by atoms with E-state index in [0.717, 1.165) is 12.1 Å². The van der Waals surface area contributed by atoms with E-state index in [4.69, 9.17) is 11.6 Å². The Kier molecular flexibility index (Phi) is 5.32. The molecular weight excluding hydrogens is 315 g/mol. The van der Waals surface area contributed by atoms with Gasteiger partial charge in [0.25, 0.3) is 9.84 Å². The first-order chi connectivity index (χ1) is 9.09. The lowest BCUT2D eigenvalue weighted by Crippen LogP contribution is -2.25. The highest BCUT2D eigenvalue weighted by Crippen LogP contribution is 2.30. The van der Waals surface area contributed by atoms with Gasteiger partial charge in [0.2, 0.25) is 0 Å². The molecule has 8 heteroatoms. The van der Waals surface area contributed by atoms with Crippen LogP contribution in [-0.4, -0.2) is 25.8 Å². The van der Waals surface area contributed by atoms with E-state index < -0.39 is 20.2 Å². The number of anilines is 1. The van der Waals surface area contributed by atoms with Crippen molar-refractivity contribution >= 4 is 27.1 Å². The summed E-state index contributed by atoms with van der Waals surface area (Å²) in [6.45, 7) is 3.81. The zero-order valence-corrected chi connectivity index (χ0v) is 12.5. The largest absolute Gasteiger partial charge is 0.501 e. The number of halogens is 4. The van der Waals surface area contributed by atoms with Crippen LogP contribution in [0, 0.1) is 5.92 Å². The summed E-state index contributed by atoms with van der Waals surface area (Å²) in [6.07, 6.45) is 0. The predicted molar refractivity (Wildman–Crippen MR) is 72.7 cm³/mol. The van der Waals surface area contributed by atoms with Gasteiger partial charge in [-0.3, -0.25) is 0 Å². The van der Waals surface area contributed by atoms with Gasteiger partial charge in [-0.25, -0.2) is 8.42 Å². The monoisotopic (exact) mass is 329 g/mol. The summed E-state index contributed by atoms with van der Waals surface area (Å²) in [6, 6.07) is 4.48. The minimum atomic E-state index is -5.29. The molecule has 0 aliphatic heterocycles. The maximum atomic E-state index is 12.4. The van der Waals surface area contributed by atoms with Crippen LogP contribution in [0.4, 0.5) is 18.9 Å². The van der Waals surface area contributed by atoms with Crippen LogP contribution in [0.15, 0.2) is 29.2 Å². The molecule has 0 aromatic heterocycles. The van der Waals surface area contributed by atoms with Gasteiger partial charge in [0.15, 0.2) is 0 Å². The van der Waals surface area contributed by atoms with Crippen LogP contribution in [0.3, 0.4) is 0 Å². The number of rotatable bonds is 5. The molecule has 0 fully saturated rings. The van der Waals surface area contributed by atoms with Gasteiger partial charge in [0.05, 0.1) is 4.90 Å². The summed E-state index contributed by atoms with van der Waals surface area (Å²) >= 11 is 5.70. The molecule has 20 heavy (non-hydrogen) atoms. The minimum Gasteiger partial charge on any atom is -0.382 e. The fourth-order valence-corrected chi connectivity index (χ4v) is 2.43. The first-order valence-electron chi connectivity index (χ1n) is 5.83. The van der Waals surface area contributed by atoms with Crippen LogP contribution in [0.1, 0.15) is 13.8 Å². The highest BCUT2D eigenvalue weighted by Gasteiger charge is 2.46. The summed E-state index contributed by atoms with van der Waals surface area (Å²) in [5.74, 6) is 0.601. The van der Waals surface area contributed by atoms with Gasteiger partial charge >= 0.3 is 5.51 Å². The summed E-state index contributed by atoms with van der Waals surface area (Å²) in [7, 11) is -5.29. The molecule has 114 valence electrons. The maximum absolute atomic E-state index is 12.4. The quantitative estimate of drug-likeness (QED) is 0.839. The fraction of sp³-hybridized carbons (Fsp3) is 0.500. The Morgan fingerprint density at radius 1 is 1.20 bits per heavy atom. The van der Waals surface area contributed by atoms with E-state index in [2.05, 4.69) is 5.32 Å². The first-order valence-corrected chi connectivity index (χ1v) is 7.85. The smallest absolute Gasteiger partial charge is 0.382 e. The summed E-state index contributed by atoms with van der Waals surface area (Å²) in [4.78, 5) is -0.770. The van der Waals surface area contributed by atoms with Gasteiger partial charge in [-0.15, -0.1) is 11.6 Å². The fourth-order valence-electron chi connectivity index (χ4n) is 1.40. The molecule has 0 radical (unpaired) electrons. The Hall–Kier alpha value is -0.950. The molecular formula is C12H15ClF3NO2S. The lowest BCUT2D eigenvalue weighted by Gasteiger charge is -2.20. The molecule has 1 aromatic carbocycles. The Balaban J connectivity index is 2.91. The summed E-state index contributed by atoms with van der Waals surface area (Å²) in [5.41, 5.74) is -4.75. The number of hydrogen-bond donors (Lipinski definition) is 1. The van der Waals surface area contributed by atoms with Crippen LogP contribution in [0.25, 0.3) is 0 Å². The lowest BCUT2D eigenvalue weighted by molar-refractivity contribution is -0.0436. The van der Waals surface area contributed by atoms with Gasteiger partial charge in [-0.2, -0.15) is 13.2 Å². The number of benzene rings is 1. The van der Waals surface area contributed by atoms with Crippen LogP contribution < -0.4 is 5.32 Å². The van der Waals surface area contributed by atoms with E-state index >= 15 is 0 Å². The molecule has 1 aromatic rings. The molecule has 0 spiro atoms. The minimum absolute atomic E-state index is 0.0116. The molecule has 0 aliphatic carbocycles. The van der Waals surface area contributed by atoms with Crippen LogP contribution in [0.2, 0.25) is 0 Å². The Bertz CT molecular complexity index is 543. The second-order valence-electron chi connectivity index (χ2n) is 4.54. The van der Waals surface area contributed by atoms with Crippen LogP contribution in [0.5, 0.6) is 0 Å². The number of nitrogens with one attached hydrogen (secondary N) is 1. The van der Waals surface area contributed by atoms with Crippen LogP contribution >= 0.6 is 11.6 Å². The van der Waals surface area contributed by atoms with Gasteiger partial charge in [0.1, 0.15) is 0 Å². The molecule has 0 saturated carbocycles. The Labute approximate surface area is 121 Å². The summed E-state index contributed by atoms with van der Waals surface area (Å²) < 4.78 is 59.4. The zero-order valence-electron chi connectivity index (χ0n) is 10.9. The van der Waals surface area contributed by atoms with E-state index in [0.29, 0.717) is 11.6 Å².